The summed E-state index contributed by atoms with van der Waals surface area (Å²) >= 11 is 0. The number of nitriles is 1. The fourth-order valence-corrected chi connectivity index (χ4v) is 1.84. The molecule has 13 heavy (non-hydrogen) atoms. The van der Waals surface area contributed by atoms with E-state index in [0.717, 1.165) is 19.3 Å². The Hall–Kier alpha value is -0.550. The lowest BCUT2D eigenvalue weighted by Crippen LogP contribution is -2.23. The number of hydrogen-bond acceptors (Lipinski definition) is 2. The van der Waals surface area contributed by atoms with Gasteiger partial charge in [-0.3, -0.25) is 0 Å². The van der Waals surface area contributed by atoms with Crippen molar-refractivity contribution in [3.63, 3.8) is 0 Å². The van der Waals surface area contributed by atoms with Gasteiger partial charge in [-0.05, 0) is 47.0 Å². The zero-order valence-electron chi connectivity index (χ0n) is 9.05. The second-order valence-electron chi connectivity index (χ2n) is 5.24. The molecular weight excluding hydrogens is 162 g/mol. The maximum Gasteiger partial charge on any atom is 0.0684 e. The monoisotopic (exact) mass is 181 g/mol. The lowest BCUT2D eigenvalue weighted by Gasteiger charge is -2.23. The van der Waals surface area contributed by atoms with E-state index >= 15 is 0 Å². The number of ether oxygens (including phenoxy) is 1. The van der Waals surface area contributed by atoms with Crippen molar-refractivity contribution in [3.8, 4) is 6.07 Å². The van der Waals surface area contributed by atoms with Crippen LogP contribution >= 0.6 is 0 Å². The van der Waals surface area contributed by atoms with Crippen LogP contribution in [-0.2, 0) is 4.74 Å². The first-order chi connectivity index (χ1) is 5.85. The van der Waals surface area contributed by atoms with Gasteiger partial charge in [-0.25, -0.2) is 0 Å². The molecule has 0 aromatic carbocycles. The van der Waals surface area contributed by atoms with Gasteiger partial charge in [0.15, 0.2) is 0 Å². The highest BCUT2D eigenvalue weighted by Gasteiger charge is 2.34. The van der Waals surface area contributed by atoms with Crippen LogP contribution < -0.4 is 0 Å². The van der Waals surface area contributed by atoms with Crippen LogP contribution in [0.2, 0.25) is 0 Å². The van der Waals surface area contributed by atoms with Crippen LogP contribution in [0.3, 0.4) is 0 Å². The average molecular weight is 181 g/mol. The lowest BCUT2D eigenvalue weighted by atomic mass is 9.87. The van der Waals surface area contributed by atoms with Crippen LogP contribution in [0.1, 0.15) is 47.0 Å². The van der Waals surface area contributed by atoms with Gasteiger partial charge in [0, 0.05) is 0 Å². The first-order valence-corrected chi connectivity index (χ1v) is 4.94. The molecule has 0 aromatic rings. The fraction of sp³-hybridized carbons (Fsp3) is 0.909. The lowest BCUT2D eigenvalue weighted by molar-refractivity contribution is -0.0271. The molecule has 1 fully saturated rings. The Bertz CT molecular complexity index is 225. The standard InChI is InChI=1S/C11H19NO/c1-10(2,8-12)7-9-5-6-11(3,4)13-9/h9H,5-7H2,1-4H3. The molecule has 1 atom stereocenters. The molecule has 0 amide bonds. The molecule has 0 aliphatic carbocycles. The zero-order chi connectivity index (χ0) is 10.1. The summed E-state index contributed by atoms with van der Waals surface area (Å²) < 4.78 is 5.84. The third-order valence-electron chi connectivity index (χ3n) is 2.59. The van der Waals surface area contributed by atoms with Crippen LogP contribution in [0.5, 0.6) is 0 Å². The van der Waals surface area contributed by atoms with E-state index in [9.17, 15) is 0 Å². The van der Waals surface area contributed by atoms with Crippen molar-refractivity contribution in [2.75, 3.05) is 0 Å². The second-order valence-corrected chi connectivity index (χ2v) is 5.24. The molecule has 1 aliphatic heterocycles. The predicted octanol–water partition coefficient (Wildman–Crippen LogP) is 2.88. The maximum absolute atomic E-state index is 8.88. The van der Waals surface area contributed by atoms with Crippen molar-refractivity contribution in [2.45, 2.75) is 58.7 Å². The van der Waals surface area contributed by atoms with Crippen LogP contribution in [0, 0.1) is 16.7 Å². The molecule has 1 saturated heterocycles. The summed E-state index contributed by atoms with van der Waals surface area (Å²) in [5.41, 5.74) is -0.221. The van der Waals surface area contributed by atoms with Gasteiger partial charge in [-0.1, -0.05) is 0 Å². The van der Waals surface area contributed by atoms with Gasteiger partial charge in [0.25, 0.3) is 0 Å². The average Bonchev–Trinajstić information content (AvgIpc) is 2.29. The maximum atomic E-state index is 8.88. The highest BCUT2D eigenvalue weighted by atomic mass is 16.5. The smallest absolute Gasteiger partial charge is 0.0684 e. The summed E-state index contributed by atoms with van der Waals surface area (Å²) in [4.78, 5) is 0. The molecular formula is C11H19NO. The Morgan fingerprint density at radius 1 is 1.54 bits per heavy atom. The van der Waals surface area contributed by atoms with Crippen molar-refractivity contribution in [3.05, 3.63) is 0 Å². The molecule has 0 bridgehead atoms. The minimum atomic E-state index is -0.245. The minimum absolute atomic E-state index is 0.0240. The van der Waals surface area contributed by atoms with Gasteiger partial charge in [0.05, 0.1) is 23.2 Å². The van der Waals surface area contributed by atoms with Gasteiger partial charge < -0.3 is 4.74 Å². The fourth-order valence-electron chi connectivity index (χ4n) is 1.84. The first-order valence-electron chi connectivity index (χ1n) is 4.94. The normalized spacial score (nSPS) is 27.2. The predicted molar refractivity (Wildman–Crippen MR) is 52.2 cm³/mol. The van der Waals surface area contributed by atoms with Crippen molar-refractivity contribution < 1.29 is 4.74 Å². The Morgan fingerprint density at radius 3 is 2.54 bits per heavy atom. The molecule has 0 N–H and O–H groups in total. The van der Waals surface area contributed by atoms with Gasteiger partial charge >= 0.3 is 0 Å². The molecule has 1 aliphatic rings. The van der Waals surface area contributed by atoms with Gasteiger partial charge in [-0.2, -0.15) is 5.26 Å². The molecule has 0 saturated carbocycles. The highest BCUT2D eigenvalue weighted by molar-refractivity contribution is 4.95. The van der Waals surface area contributed by atoms with Crippen LogP contribution in [0.4, 0.5) is 0 Å². The third-order valence-corrected chi connectivity index (χ3v) is 2.59. The topological polar surface area (TPSA) is 33.0 Å². The molecule has 1 unspecified atom stereocenters. The van der Waals surface area contributed by atoms with Crippen LogP contribution in [0.25, 0.3) is 0 Å². The third kappa shape index (κ3) is 3.00. The van der Waals surface area contributed by atoms with E-state index in [1.54, 1.807) is 0 Å². The van der Waals surface area contributed by atoms with E-state index in [2.05, 4.69) is 19.9 Å². The summed E-state index contributed by atoms with van der Waals surface area (Å²) in [6.07, 6.45) is 3.34. The van der Waals surface area contributed by atoms with E-state index in [4.69, 9.17) is 10.00 Å². The van der Waals surface area contributed by atoms with E-state index < -0.39 is 0 Å². The second kappa shape index (κ2) is 3.31. The van der Waals surface area contributed by atoms with Crippen molar-refractivity contribution in [1.29, 1.82) is 5.26 Å². The summed E-state index contributed by atoms with van der Waals surface area (Å²) in [6, 6.07) is 2.32. The first kappa shape index (κ1) is 10.5. The molecule has 1 rings (SSSR count). The largest absolute Gasteiger partial charge is 0.372 e. The number of rotatable bonds is 2. The summed E-state index contributed by atoms with van der Waals surface area (Å²) in [5.74, 6) is 0. The van der Waals surface area contributed by atoms with Crippen molar-refractivity contribution >= 4 is 0 Å². The van der Waals surface area contributed by atoms with Gasteiger partial charge in [0.1, 0.15) is 0 Å². The molecule has 74 valence electrons. The minimum Gasteiger partial charge on any atom is -0.372 e. The summed E-state index contributed by atoms with van der Waals surface area (Å²) in [5, 5.41) is 8.88. The SMILES string of the molecule is CC(C)(C#N)CC1CCC(C)(C)O1. The summed E-state index contributed by atoms with van der Waals surface area (Å²) in [6.45, 7) is 8.18. The molecule has 0 spiro atoms. The number of nitrogens with zero attached hydrogens (tertiary/aromatic N) is 1. The Labute approximate surface area is 80.9 Å². The van der Waals surface area contributed by atoms with Crippen molar-refractivity contribution in [2.24, 2.45) is 5.41 Å². The van der Waals surface area contributed by atoms with E-state index in [0.29, 0.717) is 0 Å². The molecule has 2 heteroatoms. The van der Waals surface area contributed by atoms with Crippen molar-refractivity contribution in [1.82, 2.24) is 0 Å². The molecule has 0 radical (unpaired) electrons. The van der Waals surface area contributed by atoms with Crippen LogP contribution in [0.15, 0.2) is 0 Å². The van der Waals surface area contributed by atoms with E-state index in [1.165, 1.54) is 0 Å². The van der Waals surface area contributed by atoms with E-state index in [-0.39, 0.29) is 17.1 Å². The Morgan fingerprint density at radius 2 is 2.15 bits per heavy atom. The Balaban J connectivity index is 2.46. The summed E-state index contributed by atoms with van der Waals surface area (Å²) in [7, 11) is 0. The van der Waals surface area contributed by atoms with Gasteiger partial charge in [-0.15, -0.1) is 0 Å². The van der Waals surface area contributed by atoms with Crippen LogP contribution in [-0.4, -0.2) is 11.7 Å². The molecule has 2 nitrogen and oxygen atoms in total. The Kier molecular flexibility index (Phi) is 2.68. The highest BCUT2D eigenvalue weighted by Crippen LogP contribution is 2.35. The quantitative estimate of drug-likeness (QED) is 0.656. The van der Waals surface area contributed by atoms with E-state index in [1.807, 2.05) is 13.8 Å². The number of hydrogen-bond donors (Lipinski definition) is 0. The molecule has 1 heterocycles. The zero-order valence-corrected chi connectivity index (χ0v) is 9.05. The van der Waals surface area contributed by atoms with Gasteiger partial charge in [0.2, 0.25) is 0 Å². The molecule has 0 aromatic heterocycles.